The van der Waals surface area contributed by atoms with E-state index in [0.717, 1.165) is 34.9 Å². The number of aromatic amines is 1. The van der Waals surface area contributed by atoms with E-state index in [4.69, 9.17) is 9.47 Å². The van der Waals surface area contributed by atoms with E-state index in [1.807, 2.05) is 36.4 Å². The number of hydrogen-bond acceptors (Lipinski definition) is 9. The second-order valence-electron chi connectivity index (χ2n) is 11.5. The minimum Gasteiger partial charge on any atom is -0.485 e. The number of hydrogen-bond donors (Lipinski definition) is 2. The molecule has 2 N–H and O–H groups in total. The van der Waals surface area contributed by atoms with Gasteiger partial charge in [-0.1, -0.05) is 6.07 Å². The van der Waals surface area contributed by atoms with Crippen molar-refractivity contribution in [3.05, 3.63) is 72.1 Å². The van der Waals surface area contributed by atoms with Crippen LogP contribution >= 0.6 is 0 Å². The molecule has 3 aliphatic rings. The number of ketones is 2. The van der Waals surface area contributed by atoms with Gasteiger partial charge < -0.3 is 19.4 Å². The molecule has 11 nitrogen and oxygen atoms in total. The molecule has 43 heavy (non-hydrogen) atoms. The summed E-state index contributed by atoms with van der Waals surface area (Å²) in [5.41, 5.74) is 3.15. The van der Waals surface area contributed by atoms with E-state index in [9.17, 15) is 9.59 Å². The number of Topliss-reactive ketones (excluding diaryl/α,β-unsaturated/α-hetero) is 2. The van der Waals surface area contributed by atoms with Crippen molar-refractivity contribution in [2.75, 3.05) is 20.2 Å². The van der Waals surface area contributed by atoms with E-state index < -0.39 is 11.5 Å². The van der Waals surface area contributed by atoms with Gasteiger partial charge >= 0.3 is 0 Å². The normalized spacial score (nSPS) is 19.3. The van der Waals surface area contributed by atoms with Gasteiger partial charge in [-0.3, -0.25) is 9.59 Å². The molecule has 8 rings (SSSR count). The lowest BCUT2D eigenvalue weighted by Gasteiger charge is -2.45. The molecule has 1 saturated heterocycles. The molecule has 0 amide bonds. The minimum absolute atomic E-state index is 0.227. The molecule has 2 aromatic carbocycles. The number of methoxy groups -OCH3 is 1. The third-order valence-corrected chi connectivity index (χ3v) is 8.99. The first-order chi connectivity index (χ1) is 21.0. The monoisotopic (exact) mass is 575 g/mol. The summed E-state index contributed by atoms with van der Waals surface area (Å²) in [4.78, 5) is 33.5. The highest BCUT2D eigenvalue weighted by Crippen LogP contribution is 2.46. The number of carbonyl (C=O) groups excluding carboxylic acids is 2. The lowest BCUT2D eigenvalue weighted by Crippen LogP contribution is -2.58. The van der Waals surface area contributed by atoms with Crippen LogP contribution in [0.15, 0.2) is 60.9 Å². The van der Waals surface area contributed by atoms with E-state index in [1.54, 1.807) is 25.4 Å². The summed E-state index contributed by atoms with van der Waals surface area (Å²) >= 11 is 0. The number of carbonyl (C=O) groups is 2. The first-order valence-corrected chi connectivity index (χ1v) is 14.6. The summed E-state index contributed by atoms with van der Waals surface area (Å²) in [5, 5.41) is 19.0. The molecule has 11 heteroatoms. The van der Waals surface area contributed by atoms with Crippen molar-refractivity contribution in [3.8, 4) is 34.1 Å². The van der Waals surface area contributed by atoms with Crippen LogP contribution in [0.2, 0.25) is 0 Å². The van der Waals surface area contributed by atoms with Crippen LogP contribution in [-0.2, 0) is 0 Å². The molecule has 3 aromatic heterocycles. The molecule has 5 heterocycles. The number of nitrogens with one attached hydrogen (secondary N) is 2. The molecule has 2 fully saturated rings. The number of rotatable bonds is 6. The number of nitrogens with zero attached hydrogens (tertiary/aromatic N) is 5. The van der Waals surface area contributed by atoms with Gasteiger partial charge in [0.25, 0.3) is 0 Å². The first kappa shape index (κ1) is 25.8. The van der Waals surface area contributed by atoms with E-state index in [0.29, 0.717) is 66.1 Å². The van der Waals surface area contributed by atoms with Crippen molar-refractivity contribution in [2.45, 2.75) is 37.3 Å². The van der Waals surface area contributed by atoms with Crippen LogP contribution in [-0.4, -0.2) is 67.5 Å². The van der Waals surface area contributed by atoms with Crippen LogP contribution in [0.4, 0.5) is 0 Å². The number of fused-ring (bicyclic) bond motifs is 2. The lowest BCUT2D eigenvalue weighted by atomic mass is 9.70. The van der Waals surface area contributed by atoms with Crippen LogP contribution in [0.25, 0.3) is 33.4 Å². The molecular formula is C32H29N7O4. The van der Waals surface area contributed by atoms with Crippen molar-refractivity contribution >= 4 is 22.5 Å². The number of H-pyrrole nitrogens is 1. The van der Waals surface area contributed by atoms with Crippen LogP contribution in [0.5, 0.6) is 11.6 Å². The maximum Gasteiger partial charge on any atom is 0.212 e. The van der Waals surface area contributed by atoms with E-state index in [2.05, 4.69) is 41.7 Å². The highest BCUT2D eigenvalue weighted by atomic mass is 16.5. The number of tetrazole rings is 1. The molecule has 2 aliphatic heterocycles. The molecule has 1 atom stereocenters. The van der Waals surface area contributed by atoms with Crippen molar-refractivity contribution in [1.29, 1.82) is 0 Å². The van der Waals surface area contributed by atoms with Gasteiger partial charge in [-0.2, -0.15) is 5.21 Å². The average Bonchev–Trinajstić information content (AvgIpc) is 3.55. The molecule has 216 valence electrons. The largest absolute Gasteiger partial charge is 0.485 e. The molecule has 1 saturated carbocycles. The molecule has 1 spiro atoms. The highest BCUT2D eigenvalue weighted by molar-refractivity contribution is 6.20. The first-order valence-electron chi connectivity index (χ1n) is 14.6. The van der Waals surface area contributed by atoms with Crippen LogP contribution < -0.4 is 14.8 Å². The summed E-state index contributed by atoms with van der Waals surface area (Å²) in [6, 6.07) is 15.4. The van der Waals surface area contributed by atoms with Crippen LogP contribution in [0, 0.1) is 5.92 Å². The van der Waals surface area contributed by atoms with Gasteiger partial charge in [0.15, 0.2) is 11.6 Å². The minimum atomic E-state index is -1.01. The number of pyridine rings is 1. The predicted octanol–water partition coefficient (Wildman–Crippen LogP) is 4.42. The van der Waals surface area contributed by atoms with Gasteiger partial charge in [0, 0.05) is 64.9 Å². The Morgan fingerprint density at radius 2 is 1.88 bits per heavy atom. The van der Waals surface area contributed by atoms with Gasteiger partial charge in [-0.15, -0.1) is 10.2 Å². The quantitative estimate of drug-likeness (QED) is 0.223. The highest BCUT2D eigenvalue weighted by Gasteiger charge is 2.54. The maximum absolute atomic E-state index is 14.7. The Bertz CT molecular complexity index is 1870. The summed E-state index contributed by atoms with van der Waals surface area (Å²) in [5.74, 6) is -0.0822. The fourth-order valence-corrected chi connectivity index (χ4v) is 6.64. The van der Waals surface area contributed by atoms with E-state index in [1.165, 1.54) is 0 Å². The summed E-state index contributed by atoms with van der Waals surface area (Å²) in [7, 11) is 1.57. The predicted molar refractivity (Wildman–Crippen MR) is 157 cm³/mol. The topological polar surface area (TPSA) is 137 Å². The van der Waals surface area contributed by atoms with Crippen molar-refractivity contribution in [3.63, 3.8) is 0 Å². The van der Waals surface area contributed by atoms with Gasteiger partial charge in [-0.25, -0.2) is 4.98 Å². The Morgan fingerprint density at radius 1 is 1.05 bits per heavy atom. The zero-order valence-corrected chi connectivity index (χ0v) is 23.5. The molecule has 1 aliphatic carbocycles. The van der Waals surface area contributed by atoms with Crippen molar-refractivity contribution in [1.82, 2.24) is 35.5 Å². The Kier molecular flexibility index (Phi) is 5.90. The van der Waals surface area contributed by atoms with Gasteiger partial charge in [0.05, 0.1) is 12.7 Å². The van der Waals surface area contributed by atoms with Crippen molar-refractivity contribution in [2.24, 2.45) is 5.92 Å². The van der Waals surface area contributed by atoms with Crippen molar-refractivity contribution < 1.29 is 19.1 Å². The fourth-order valence-electron chi connectivity index (χ4n) is 6.64. The Balaban J connectivity index is 1.25. The van der Waals surface area contributed by atoms with E-state index >= 15 is 0 Å². The standard InChI is InChI=1S/C32H29N7O4/c1-42-27-7-3-19(17-34-27)18-2-6-26-24(14-18)30(41)28(32(43-26)9-11-33-12-10-32)29(40)20-15-23(31-35-37-38-36-31)22-8-13-39(21-4-5-21)25(22)16-20/h2-3,6-8,13-17,21,28,33H,4-5,9-12H2,1H3,(H,35,36,37,38). The Hall–Kier alpha value is -4.90. The summed E-state index contributed by atoms with van der Waals surface area (Å²) in [6.07, 6.45) is 7.01. The zero-order chi connectivity index (χ0) is 29.1. The Morgan fingerprint density at radius 3 is 2.60 bits per heavy atom. The third kappa shape index (κ3) is 4.22. The second kappa shape index (κ2) is 9.84. The second-order valence-corrected chi connectivity index (χ2v) is 11.5. The van der Waals surface area contributed by atoms with Gasteiger partial charge in [-0.05, 0) is 73.1 Å². The molecule has 5 aromatic rings. The summed E-state index contributed by atoms with van der Waals surface area (Å²) in [6.45, 7) is 1.30. The average molecular weight is 576 g/mol. The number of ether oxygens (including phenoxy) is 2. The van der Waals surface area contributed by atoms with Crippen LogP contribution in [0.3, 0.4) is 0 Å². The molecular weight excluding hydrogens is 546 g/mol. The Labute approximate surface area is 246 Å². The SMILES string of the molecule is COc1ccc(-c2ccc3c(c2)C(=O)C(C(=O)c2cc(-c4nn[nH]n4)c4ccn(C5CC5)c4c2)C2(CCNCC2)O3)cn1. The number of piperidine rings is 1. The van der Waals surface area contributed by atoms with E-state index in [-0.39, 0.29) is 11.6 Å². The summed E-state index contributed by atoms with van der Waals surface area (Å²) < 4.78 is 14.1. The number of aromatic nitrogens is 6. The third-order valence-electron chi connectivity index (χ3n) is 8.99. The lowest BCUT2D eigenvalue weighted by molar-refractivity contribution is -0.0138. The van der Waals surface area contributed by atoms with Gasteiger partial charge in [0.2, 0.25) is 11.7 Å². The maximum atomic E-state index is 14.7. The fraction of sp³-hybridized carbons (Fsp3) is 0.312. The molecule has 0 radical (unpaired) electrons. The number of benzene rings is 2. The molecule has 1 unspecified atom stereocenters. The smallest absolute Gasteiger partial charge is 0.212 e. The van der Waals surface area contributed by atoms with Gasteiger partial charge in [0.1, 0.15) is 17.3 Å². The zero-order valence-electron chi connectivity index (χ0n) is 23.5. The molecule has 0 bridgehead atoms. The van der Waals surface area contributed by atoms with Crippen LogP contribution in [0.1, 0.15) is 52.4 Å².